The molecule has 0 fully saturated rings. The van der Waals surface area contributed by atoms with Gasteiger partial charge in [0.15, 0.2) is 0 Å². The summed E-state index contributed by atoms with van der Waals surface area (Å²) in [6, 6.07) is 36.0. The second-order valence-corrected chi connectivity index (χ2v) is 4.28. The molecule has 2 heteroatoms. The first-order chi connectivity index (χ1) is 13.8. The summed E-state index contributed by atoms with van der Waals surface area (Å²) in [5.41, 5.74) is 0. The van der Waals surface area contributed by atoms with E-state index in [1.807, 2.05) is 137 Å². The standard InChI is InChI=1S/3C6H6.2C2H6O.2C2H6/c3*1-2-4-6-5-3-1;2*1-3-2;2*1-2/h3*1-6H;2*1-2H3;2*1-2H3. The van der Waals surface area contributed by atoms with Crippen molar-refractivity contribution in [2.24, 2.45) is 0 Å². The highest BCUT2D eigenvalue weighted by Gasteiger charge is 1.59. The molecule has 0 bridgehead atoms. The summed E-state index contributed by atoms with van der Waals surface area (Å²) in [7, 11) is 6.50. The third-order valence-corrected chi connectivity index (χ3v) is 2.00. The van der Waals surface area contributed by atoms with Gasteiger partial charge in [0, 0.05) is 28.4 Å². The SMILES string of the molecule is CC.CC.COC.COC.c1ccccc1.c1ccccc1.c1ccccc1. The predicted octanol–water partition coefficient (Wildman–Crippen LogP) is 7.64. The molecule has 3 aromatic carbocycles. The van der Waals surface area contributed by atoms with Crippen LogP contribution in [-0.4, -0.2) is 28.4 Å². The van der Waals surface area contributed by atoms with Gasteiger partial charge in [-0.15, -0.1) is 0 Å². The van der Waals surface area contributed by atoms with Crippen LogP contribution in [0.25, 0.3) is 0 Å². The van der Waals surface area contributed by atoms with Crippen molar-refractivity contribution >= 4 is 0 Å². The van der Waals surface area contributed by atoms with Gasteiger partial charge in [-0.1, -0.05) is 137 Å². The quantitative estimate of drug-likeness (QED) is 0.395. The van der Waals surface area contributed by atoms with Crippen molar-refractivity contribution in [2.75, 3.05) is 28.4 Å². The molecule has 0 aliphatic carbocycles. The molecule has 0 aliphatic heterocycles. The minimum Gasteiger partial charge on any atom is -0.388 e. The van der Waals surface area contributed by atoms with Crippen LogP contribution in [0.2, 0.25) is 0 Å². The molecule has 0 N–H and O–H groups in total. The lowest BCUT2D eigenvalue weighted by atomic mass is 10.4. The number of methoxy groups -OCH3 is 2. The molecule has 0 spiro atoms. The summed E-state index contributed by atoms with van der Waals surface area (Å²) in [4.78, 5) is 0. The minimum atomic E-state index is 1.62. The van der Waals surface area contributed by atoms with Crippen molar-refractivity contribution in [3.63, 3.8) is 0 Å². The van der Waals surface area contributed by atoms with E-state index in [9.17, 15) is 0 Å². The Balaban J connectivity index is -0.000000127. The molecule has 3 rings (SSSR count). The number of ether oxygens (including phenoxy) is 2. The number of rotatable bonds is 0. The molecule has 3 aromatic rings. The zero-order chi connectivity index (χ0) is 22.1. The lowest BCUT2D eigenvalue weighted by Crippen LogP contribution is -1.55. The number of benzene rings is 3. The van der Waals surface area contributed by atoms with Gasteiger partial charge in [0.1, 0.15) is 0 Å². The van der Waals surface area contributed by atoms with Crippen LogP contribution >= 0.6 is 0 Å². The molecule has 0 saturated carbocycles. The summed E-state index contributed by atoms with van der Waals surface area (Å²) in [5, 5.41) is 0. The molecular weight excluding hydrogens is 344 g/mol. The van der Waals surface area contributed by atoms with Gasteiger partial charge in [-0.05, 0) is 0 Å². The largest absolute Gasteiger partial charge is 0.388 e. The van der Waals surface area contributed by atoms with Crippen LogP contribution in [-0.2, 0) is 9.47 Å². The lowest BCUT2D eigenvalue weighted by molar-refractivity contribution is 0.277. The second kappa shape index (κ2) is 44.2. The topological polar surface area (TPSA) is 18.5 Å². The molecule has 0 aromatic heterocycles. The third kappa shape index (κ3) is 49.5. The molecule has 2 nitrogen and oxygen atoms in total. The van der Waals surface area contributed by atoms with Crippen LogP contribution in [0.3, 0.4) is 0 Å². The zero-order valence-electron chi connectivity index (χ0n) is 19.2. The Morgan fingerprint density at radius 2 is 0.286 bits per heavy atom. The van der Waals surface area contributed by atoms with Gasteiger partial charge >= 0.3 is 0 Å². The fourth-order valence-corrected chi connectivity index (χ4v) is 1.15. The molecule has 158 valence electrons. The minimum absolute atomic E-state index is 1.62. The summed E-state index contributed by atoms with van der Waals surface area (Å²) < 4.78 is 8.50. The van der Waals surface area contributed by atoms with E-state index in [1.165, 1.54) is 0 Å². The van der Waals surface area contributed by atoms with E-state index < -0.39 is 0 Å². The van der Waals surface area contributed by atoms with Crippen molar-refractivity contribution < 1.29 is 9.47 Å². The fourth-order valence-electron chi connectivity index (χ4n) is 1.15. The van der Waals surface area contributed by atoms with E-state index in [0.29, 0.717) is 0 Å². The fraction of sp³-hybridized carbons (Fsp3) is 0.308. The summed E-state index contributed by atoms with van der Waals surface area (Å²) in [6.45, 7) is 8.00. The highest BCUT2D eigenvalue weighted by molar-refractivity contribution is 5.00. The van der Waals surface area contributed by atoms with Gasteiger partial charge in [0.05, 0.1) is 0 Å². The van der Waals surface area contributed by atoms with Gasteiger partial charge in [-0.25, -0.2) is 0 Å². The lowest BCUT2D eigenvalue weighted by Gasteiger charge is -1.69. The van der Waals surface area contributed by atoms with E-state index in [4.69, 9.17) is 0 Å². The van der Waals surface area contributed by atoms with Gasteiger partial charge < -0.3 is 9.47 Å². The molecule has 28 heavy (non-hydrogen) atoms. The zero-order valence-corrected chi connectivity index (χ0v) is 19.2. The van der Waals surface area contributed by atoms with E-state index in [1.54, 1.807) is 28.4 Å². The van der Waals surface area contributed by atoms with E-state index in [0.717, 1.165) is 0 Å². The smallest absolute Gasteiger partial charge is 0.0351 e. The Labute approximate surface area is 175 Å². The molecule has 0 saturated heterocycles. The number of hydrogen-bond acceptors (Lipinski definition) is 2. The molecule has 0 unspecified atom stereocenters. The van der Waals surface area contributed by atoms with Crippen LogP contribution < -0.4 is 0 Å². The molecular formula is C26H42O2. The van der Waals surface area contributed by atoms with Gasteiger partial charge in [-0.2, -0.15) is 0 Å². The van der Waals surface area contributed by atoms with Gasteiger partial charge in [0.2, 0.25) is 0 Å². The monoisotopic (exact) mass is 386 g/mol. The predicted molar refractivity (Wildman–Crippen MR) is 128 cm³/mol. The third-order valence-electron chi connectivity index (χ3n) is 2.00. The number of hydrogen-bond donors (Lipinski definition) is 0. The van der Waals surface area contributed by atoms with Crippen LogP contribution in [0.15, 0.2) is 109 Å². The maximum Gasteiger partial charge on any atom is 0.0351 e. The first-order valence-electron chi connectivity index (χ1n) is 9.63. The van der Waals surface area contributed by atoms with Crippen LogP contribution in [0.5, 0.6) is 0 Å². The molecule has 0 atom stereocenters. The Morgan fingerprint density at radius 1 is 0.250 bits per heavy atom. The van der Waals surface area contributed by atoms with E-state index in [-0.39, 0.29) is 0 Å². The summed E-state index contributed by atoms with van der Waals surface area (Å²) in [5.74, 6) is 0. The highest BCUT2D eigenvalue weighted by atomic mass is 16.5. The molecule has 0 amide bonds. The van der Waals surface area contributed by atoms with Crippen LogP contribution in [0.1, 0.15) is 27.7 Å². The van der Waals surface area contributed by atoms with Gasteiger partial charge in [-0.3, -0.25) is 0 Å². The Kier molecular flexibility index (Phi) is 52.4. The van der Waals surface area contributed by atoms with Gasteiger partial charge in [0.25, 0.3) is 0 Å². The first-order valence-corrected chi connectivity index (χ1v) is 9.63. The summed E-state index contributed by atoms with van der Waals surface area (Å²) >= 11 is 0. The molecule has 0 aliphatic rings. The Bertz CT molecular complexity index is 327. The van der Waals surface area contributed by atoms with Crippen LogP contribution in [0, 0.1) is 0 Å². The van der Waals surface area contributed by atoms with Crippen molar-refractivity contribution in [2.45, 2.75) is 27.7 Å². The van der Waals surface area contributed by atoms with Crippen molar-refractivity contribution in [1.82, 2.24) is 0 Å². The summed E-state index contributed by atoms with van der Waals surface area (Å²) in [6.07, 6.45) is 0. The Hall–Kier alpha value is -2.42. The van der Waals surface area contributed by atoms with Crippen molar-refractivity contribution in [3.05, 3.63) is 109 Å². The average Bonchev–Trinajstić information content (AvgIpc) is 2.82. The van der Waals surface area contributed by atoms with Crippen LogP contribution in [0.4, 0.5) is 0 Å². The normalized spacial score (nSPS) is 6.86. The molecule has 0 heterocycles. The average molecular weight is 387 g/mol. The van der Waals surface area contributed by atoms with Crippen molar-refractivity contribution in [1.29, 1.82) is 0 Å². The maximum absolute atomic E-state index is 4.25. The molecule has 0 radical (unpaired) electrons. The second-order valence-electron chi connectivity index (χ2n) is 4.28. The van der Waals surface area contributed by atoms with Crippen molar-refractivity contribution in [3.8, 4) is 0 Å². The highest BCUT2D eigenvalue weighted by Crippen LogP contribution is 1.81. The van der Waals surface area contributed by atoms with E-state index >= 15 is 0 Å². The Morgan fingerprint density at radius 3 is 0.321 bits per heavy atom. The maximum atomic E-state index is 4.25. The first kappa shape index (κ1) is 33.2. The van der Waals surface area contributed by atoms with E-state index in [2.05, 4.69) is 9.47 Å².